The van der Waals surface area contributed by atoms with Gasteiger partial charge in [-0.1, -0.05) is 6.92 Å². The maximum atomic E-state index is 13.3. The lowest BCUT2D eigenvalue weighted by molar-refractivity contribution is 0.199. The van der Waals surface area contributed by atoms with Gasteiger partial charge < -0.3 is 20.1 Å². The molecule has 0 aliphatic carbocycles. The van der Waals surface area contributed by atoms with E-state index in [2.05, 4.69) is 27.1 Å². The number of aromatic amines is 1. The van der Waals surface area contributed by atoms with Crippen LogP contribution in [0.25, 0.3) is 11.0 Å². The molecule has 2 amide bonds. The first kappa shape index (κ1) is 18.6. The Bertz CT molecular complexity index is 747. The van der Waals surface area contributed by atoms with Gasteiger partial charge in [-0.25, -0.2) is 14.2 Å². The molecule has 2 heterocycles. The first-order valence-electron chi connectivity index (χ1n) is 9.48. The number of likely N-dealkylation sites (N-methyl/N-ethyl adjacent to an activating group) is 1. The van der Waals surface area contributed by atoms with Crippen LogP contribution in [0.1, 0.15) is 26.1 Å². The first-order valence-corrected chi connectivity index (χ1v) is 9.48. The van der Waals surface area contributed by atoms with E-state index in [0.717, 1.165) is 43.9 Å². The Labute approximate surface area is 153 Å². The second-order valence-corrected chi connectivity index (χ2v) is 6.91. The molecule has 26 heavy (non-hydrogen) atoms. The van der Waals surface area contributed by atoms with Gasteiger partial charge in [0.05, 0.1) is 11.0 Å². The number of hydrogen-bond acceptors (Lipinski definition) is 3. The van der Waals surface area contributed by atoms with Gasteiger partial charge in [-0.2, -0.15) is 0 Å². The van der Waals surface area contributed by atoms with E-state index in [9.17, 15) is 9.18 Å². The lowest BCUT2D eigenvalue weighted by atomic mass is 10.1. The van der Waals surface area contributed by atoms with Crippen molar-refractivity contribution in [1.29, 1.82) is 0 Å². The topological polar surface area (TPSA) is 64.3 Å². The van der Waals surface area contributed by atoms with Gasteiger partial charge in [0, 0.05) is 32.6 Å². The van der Waals surface area contributed by atoms with Crippen LogP contribution in [-0.2, 0) is 6.42 Å². The third kappa shape index (κ3) is 4.52. The van der Waals surface area contributed by atoms with Crippen LogP contribution < -0.4 is 5.32 Å². The maximum absolute atomic E-state index is 13.3. The number of urea groups is 1. The number of benzene rings is 1. The molecule has 1 fully saturated rings. The molecular weight excluding hydrogens is 333 g/mol. The van der Waals surface area contributed by atoms with Crippen LogP contribution in [0.15, 0.2) is 18.2 Å². The van der Waals surface area contributed by atoms with Gasteiger partial charge in [-0.05, 0) is 50.6 Å². The largest absolute Gasteiger partial charge is 0.342 e. The predicted molar refractivity (Wildman–Crippen MR) is 101 cm³/mol. The highest BCUT2D eigenvalue weighted by Gasteiger charge is 2.22. The summed E-state index contributed by atoms with van der Waals surface area (Å²) in [6.07, 6.45) is 1.76. The van der Waals surface area contributed by atoms with Gasteiger partial charge in [-0.15, -0.1) is 0 Å². The number of hydrogen-bond donors (Lipinski definition) is 2. The van der Waals surface area contributed by atoms with E-state index in [0.29, 0.717) is 30.9 Å². The third-order valence-corrected chi connectivity index (χ3v) is 5.14. The van der Waals surface area contributed by atoms with Crippen LogP contribution in [0.4, 0.5) is 9.18 Å². The van der Waals surface area contributed by atoms with E-state index in [1.165, 1.54) is 12.1 Å². The van der Waals surface area contributed by atoms with Gasteiger partial charge in [0.15, 0.2) is 0 Å². The van der Waals surface area contributed by atoms with Crippen molar-refractivity contribution in [2.24, 2.45) is 5.92 Å². The molecule has 1 unspecified atom stereocenters. The molecule has 2 aromatic rings. The van der Waals surface area contributed by atoms with Crippen molar-refractivity contribution in [3.05, 3.63) is 29.8 Å². The summed E-state index contributed by atoms with van der Waals surface area (Å²) in [6, 6.07) is 4.49. The SMILES string of the molecule is CCN1CCC(CNC(=O)N(CC)CCc2nc3ccc(F)cc3[nH]2)C1. The molecule has 1 aromatic heterocycles. The molecule has 0 bridgehead atoms. The summed E-state index contributed by atoms with van der Waals surface area (Å²) < 4.78 is 13.3. The Kier molecular flexibility index (Phi) is 6.08. The van der Waals surface area contributed by atoms with Gasteiger partial charge in [0.25, 0.3) is 0 Å². The molecule has 1 aliphatic heterocycles. The van der Waals surface area contributed by atoms with E-state index >= 15 is 0 Å². The van der Waals surface area contributed by atoms with Crippen LogP contribution in [0.5, 0.6) is 0 Å². The Hall–Kier alpha value is -2.15. The summed E-state index contributed by atoms with van der Waals surface area (Å²) in [5.41, 5.74) is 1.44. The van der Waals surface area contributed by atoms with Crippen LogP contribution in [-0.4, -0.2) is 65.1 Å². The fourth-order valence-corrected chi connectivity index (χ4v) is 3.51. The van der Waals surface area contributed by atoms with Crippen LogP contribution in [0.3, 0.4) is 0 Å². The van der Waals surface area contributed by atoms with Gasteiger partial charge in [-0.3, -0.25) is 0 Å². The number of halogens is 1. The highest BCUT2D eigenvalue weighted by molar-refractivity contribution is 5.75. The minimum absolute atomic E-state index is 0.0235. The second kappa shape index (κ2) is 8.49. The van der Waals surface area contributed by atoms with Crippen molar-refractivity contribution in [2.45, 2.75) is 26.7 Å². The normalized spacial score (nSPS) is 17.7. The average molecular weight is 361 g/mol. The molecular formula is C19H28FN5O. The van der Waals surface area contributed by atoms with E-state index in [1.807, 2.05) is 6.92 Å². The van der Waals surface area contributed by atoms with Crippen LogP contribution in [0.2, 0.25) is 0 Å². The van der Waals surface area contributed by atoms with Crippen molar-refractivity contribution in [3.8, 4) is 0 Å². The number of carbonyl (C=O) groups excluding carboxylic acids is 1. The molecule has 2 N–H and O–H groups in total. The predicted octanol–water partition coefficient (Wildman–Crippen LogP) is 2.62. The molecule has 1 atom stereocenters. The molecule has 0 spiro atoms. The number of likely N-dealkylation sites (tertiary alicyclic amines) is 1. The van der Waals surface area contributed by atoms with Gasteiger partial charge in [0.1, 0.15) is 11.6 Å². The Morgan fingerprint density at radius 1 is 1.46 bits per heavy atom. The number of H-pyrrole nitrogens is 1. The van der Waals surface area contributed by atoms with Crippen molar-refractivity contribution in [3.63, 3.8) is 0 Å². The molecule has 142 valence electrons. The zero-order valence-electron chi connectivity index (χ0n) is 15.6. The summed E-state index contributed by atoms with van der Waals surface area (Å²) in [4.78, 5) is 24.2. The van der Waals surface area contributed by atoms with Crippen molar-refractivity contribution in [2.75, 3.05) is 39.3 Å². The summed E-state index contributed by atoms with van der Waals surface area (Å²) >= 11 is 0. The summed E-state index contributed by atoms with van der Waals surface area (Å²) in [6.45, 7) is 9.37. The molecule has 1 saturated heterocycles. The monoisotopic (exact) mass is 361 g/mol. The lowest BCUT2D eigenvalue weighted by Crippen LogP contribution is -2.43. The second-order valence-electron chi connectivity index (χ2n) is 6.91. The Balaban J connectivity index is 1.49. The van der Waals surface area contributed by atoms with E-state index in [1.54, 1.807) is 11.0 Å². The number of fused-ring (bicyclic) bond motifs is 1. The summed E-state index contributed by atoms with van der Waals surface area (Å²) in [5, 5.41) is 3.07. The molecule has 3 rings (SSSR count). The maximum Gasteiger partial charge on any atom is 0.317 e. The fraction of sp³-hybridized carbons (Fsp3) is 0.579. The molecule has 7 heteroatoms. The molecule has 1 aromatic carbocycles. The Morgan fingerprint density at radius 2 is 2.31 bits per heavy atom. The van der Waals surface area contributed by atoms with Crippen molar-refractivity contribution in [1.82, 2.24) is 25.1 Å². The molecule has 0 saturated carbocycles. The van der Waals surface area contributed by atoms with Crippen molar-refractivity contribution >= 4 is 17.1 Å². The zero-order chi connectivity index (χ0) is 18.5. The lowest BCUT2D eigenvalue weighted by Gasteiger charge is -2.22. The number of imidazole rings is 1. The average Bonchev–Trinajstić information content (AvgIpc) is 3.26. The van der Waals surface area contributed by atoms with Crippen LogP contribution >= 0.6 is 0 Å². The summed E-state index contributed by atoms with van der Waals surface area (Å²) in [5.74, 6) is 1.03. The molecule has 6 nitrogen and oxygen atoms in total. The number of nitrogens with zero attached hydrogens (tertiary/aromatic N) is 3. The van der Waals surface area contributed by atoms with Crippen molar-refractivity contribution < 1.29 is 9.18 Å². The van der Waals surface area contributed by atoms with Gasteiger partial charge >= 0.3 is 6.03 Å². The standard InChI is InChI=1S/C19H28FN5O/c1-3-24-9-7-14(13-24)12-21-19(26)25(4-2)10-8-18-22-16-6-5-15(20)11-17(16)23-18/h5-6,11,14H,3-4,7-10,12-13H2,1-2H3,(H,21,26)(H,22,23). The smallest absolute Gasteiger partial charge is 0.317 e. The van der Waals surface area contributed by atoms with E-state index < -0.39 is 0 Å². The van der Waals surface area contributed by atoms with Gasteiger partial charge in [0.2, 0.25) is 0 Å². The van der Waals surface area contributed by atoms with Crippen LogP contribution in [0, 0.1) is 11.7 Å². The number of amides is 2. The Morgan fingerprint density at radius 3 is 3.04 bits per heavy atom. The molecule has 1 aliphatic rings. The molecule has 0 radical (unpaired) electrons. The minimum atomic E-state index is -0.282. The first-order chi connectivity index (χ1) is 12.6. The third-order valence-electron chi connectivity index (χ3n) is 5.14. The number of rotatable bonds is 7. The number of carbonyl (C=O) groups is 1. The van der Waals surface area contributed by atoms with E-state index in [4.69, 9.17) is 0 Å². The minimum Gasteiger partial charge on any atom is -0.342 e. The number of nitrogens with one attached hydrogen (secondary N) is 2. The highest BCUT2D eigenvalue weighted by atomic mass is 19.1. The highest BCUT2D eigenvalue weighted by Crippen LogP contribution is 2.15. The zero-order valence-corrected chi connectivity index (χ0v) is 15.6. The fourth-order valence-electron chi connectivity index (χ4n) is 3.51. The van der Waals surface area contributed by atoms with E-state index in [-0.39, 0.29) is 11.8 Å². The number of aromatic nitrogens is 2. The quantitative estimate of drug-likeness (QED) is 0.797. The summed E-state index contributed by atoms with van der Waals surface area (Å²) in [7, 11) is 0.